The first-order valence-electron chi connectivity index (χ1n) is 8.26. The van der Waals surface area contributed by atoms with Crippen molar-refractivity contribution in [1.82, 2.24) is 5.32 Å². The van der Waals surface area contributed by atoms with Crippen LogP contribution in [0.2, 0.25) is 0 Å². The summed E-state index contributed by atoms with van der Waals surface area (Å²) in [5, 5.41) is 7.83. The molecule has 9 heteroatoms. The van der Waals surface area contributed by atoms with Crippen molar-refractivity contribution in [3.63, 3.8) is 0 Å². The molecule has 2 aromatic rings. The molecule has 142 valence electrons. The largest absolute Gasteiger partial charge is 0.334 e. The molecule has 0 radical (unpaired) electrons. The molecule has 1 aliphatic heterocycles. The van der Waals surface area contributed by atoms with E-state index in [2.05, 4.69) is 16.0 Å². The normalized spacial score (nSPS) is 17.9. The van der Waals surface area contributed by atoms with Crippen LogP contribution in [0.25, 0.3) is 0 Å². The lowest BCUT2D eigenvalue weighted by Gasteiger charge is -2.13. The number of amides is 3. The minimum absolute atomic E-state index is 0.0665. The van der Waals surface area contributed by atoms with Crippen molar-refractivity contribution in [3.8, 4) is 0 Å². The molecule has 0 saturated carbocycles. The van der Waals surface area contributed by atoms with Gasteiger partial charge in [-0.05, 0) is 48.9 Å². The third kappa shape index (κ3) is 5.27. The molecule has 2 aromatic carbocycles. The van der Waals surface area contributed by atoms with Crippen LogP contribution in [0.15, 0.2) is 48.5 Å². The van der Waals surface area contributed by atoms with E-state index in [1.807, 2.05) is 0 Å². The maximum absolute atomic E-state index is 12.9. The maximum Gasteiger partial charge on any atom is 0.319 e. The maximum atomic E-state index is 12.9. The third-order valence-electron chi connectivity index (χ3n) is 4.05. The fraction of sp³-hybridized carbons (Fsp3) is 0.222. The lowest BCUT2D eigenvalue weighted by molar-refractivity contribution is 0.102. The van der Waals surface area contributed by atoms with Crippen molar-refractivity contribution in [2.75, 3.05) is 22.1 Å². The molecule has 1 fully saturated rings. The number of carbonyl (C=O) groups excluding carboxylic acids is 2. The van der Waals surface area contributed by atoms with Crippen molar-refractivity contribution < 1.29 is 22.4 Å². The van der Waals surface area contributed by atoms with Gasteiger partial charge < -0.3 is 16.0 Å². The summed E-state index contributed by atoms with van der Waals surface area (Å²) in [6, 6.07) is 10.7. The first kappa shape index (κ1) is 18.8. The number of anilines is 2. The summed E-state index contributed by atoms with van der Waals surface area (Å²) in [5.74, 6) is -0.815. The molecule has 0 aliphatic carbocycles. The molecule has 3 N–H and O–H groups in total. The van der Waals surface area contributed by atoms with Gasteiger partial charge >= 0.3 is 6.03 Å². The van der Waals surface area contributed by atoms with Crippen molar-refractivity contribution in [1.29, 1.82) is 0 Å². The predicted molar refractivity (Wildman–Crippen MR) is 100 cm³/mol. The summed E-state index contributed by atoms with van der Waals surface area (Å²) in [5.41, 5.74) is 1.14. The third-order valence-corrected chi connectivity index (χ3v) is 5.82. The molecule has 1 atom stereocenters. The van der Waals surface area contributed by atoms with Crippen LogP contribution in [-0.4, -0.2) is 37.9 Å². The van der Waals surface area contributed by atoms with Gasteiger partial charge in [0.1, 0.15) is 5.82 Å². The summed E-state index contributed by atoms with van der Waals surface area (Å²) in [6.45, 7) is 0. The van der Waals surface area contributed by atoms with Crippen molar-refractivity contribution in [2.24, 2.45) is 0 Å². The highest BCUT2D eigenvalue weighted by atomic mass is 32.2. The Bertz CT molecular complexity index is 961. The smallest absolute Gasteiger partial charge is 0.319 e. The van der Waals surface area contributed by atoms with Crippen molar-refractivity contribution >= 4 is 33.2 Å². The highest BCUT2D eigenvalue weighted by Crippen LogP contribution is 2.15. The van der Waals surface area contributed by atoms with Gasteiger partial charge in [0.25, 0.3) is 5.91 Å². The molecule has 0 aromatic heterocycles. The molecule has 1 heterocycles. The Morgan fingerprint density at radius 3 is 2.41 bits per heavy atom. The van der Waals surface area contributed by atoms with E-state index in [4.69, 9.17) is 0 Å². The van der Waals surface area contributed by atoms with E-state index in [9.17, 15) is 22.4 Å². The van der Waals surface area contributed by atoms with E-state index in [1.165, 1.54) is 30.3 Å². The number of hydrogen-bond donors (Lipinski definition) is 3. The van der Waals surface area contributed by atoms with Gasteiger partial charge in [-0.15, -0.1) is 0 Å². The summed E-state index contributed by atoms with van der Waals surface area (Å²) in [7, 11) is -3.08. The molecule has 0 unspecified atom stereocenters. The molecule has 7 nitrogen and oxygen atoms in total. The van der Waals surface area contributed by atoms with Crippen LogP contribution in [0.1, 0.15) is 16.8 Å². The van der Waals surface area contributed by atoms with Gasteiger partial charge in [-0.25, -0.2) is 17.6 Å². The van der Waals surface area contributed by atoms with Gasteiger partial charge in [-0.3, -0.25) is 4.79 Å². The molecule has 1 saturated heterocycles. The predicted octanol–water partition coefficient (Wildman–Crippen LogP) is 2.39. The molecule has 0 bridgehead atoms. The Kier molecular flexibility index (Phi) is 5.41. The number of nitrogens with one attached hydrogen (secondary N) is 3. The molecule has 1 aliphatic rings. The topological polar surface area (TPSA) is 104 Å². The molecular formula is C18H18FN3O4S. The molecule has 3 amide bonds. The fourth-order valence-electron chi connectivity index (χ4n) is 2.74. The van der Waals surface area contributed by atoms with Gasteiger partial charge in [-0.1, -0.05) is 6.07 Å². The van der Waals surface area contributed by atoms with E-state index in [0.29, 0.717) is 23.4 Å². The fourth-order valence-corrected chi connectivity index (χ4v) is 4.41. The van der Waals surface area contributed by atoms with Crippen LogP contribution in [0.5, 0.6) is 0 Å². The number of halogens is 1. The summed E-state index contributed by atoms with van der Waals surface area (Å²) in [4.78, 5) is 24.3. The van der Waals surface area contributed by atoms with E-state index >= 15 is 0 Å². The van der Waals surface area contributed by atoms with Crippen molar-refractivity contribution in [3.05, 3.63) is 59.9 Å². The second-order valence-electron chi connectivity index (χ2n) is 6.24. The highest BCUT2D eigenvalue weighted by Gasteiger charge is 2.28. The Labute approximate surface area is 155 Å². The standard InChI is InChI=1S/C18H18FN3O4S/c19-13-4-6-14(7-5-13)20-17(23)12-2-1-3-15(10-12)21-18(24)22-16-8-9-27(25,26)11-16/h1-7,10,16H,8-9,11H2,(H,20,23)(H2,21,22,24)/t16-/m0/s1. The number of hydrogen-bond acceptors (Lipinski definition) is 4. The number of rotatable bonds is 4. The minimum Gasteiger partial charge on any atom is -0.334 e. The van der Waals surface area contributed by atoms with Crippen LogP contribution in [0.3, 0.4) is 0 Å². The zero-order valence-corrected chi connectivity index (χ0v) is 15.1. The molecule has 3 rings (SSSR count). The Morgan fingerprint density at radius 2 is 1.74 bits per heavy atom. The Hall–Kier alpha value is -2.94. The zero-order valence-electron chi connectivity index (χ0n) is 14.2. The lowest BCUT2D eigenvalue weighted by atomic mass is 10.2. The highest BCUT2D eigenvalue weighted by molar-refractivity contribution is 7.91. The average molecular weight is 391 g/mol. The van der Waals surface area contributed by atoms with Crippen LogP contribution in [0, 0.1) is 5.82 Å². The summed E-state index contributed by atoms with van der Waals surface area (Å²) < 4.78 is 35.8. The molecule has 0 spiro atoms. The quantitative estimate of drug-likeness (QED) is 0.744. The van der Waals surface area contributed by atoms with Crippen LogP contribution >= 0.6 is 0 Å². The summed E-state index contributed by atoms with van der Waals surface area (Å²) in [6.07, 6.45) is 0.385. The van der Waals surface area contributed by atoms with Gasteiger partial charge in [0, 0.05) is 23.0 Å². The number of carbonyl (C=O) groups is 2. The Balaban J connectivity index is 1.60. The van der Waals surface area contributed by atoms with Gasteiger partial charge in [0.2, 0.25) is 0 Å². The second kappa shape index (κ2) is 7.75. The van der Waals surface area contributed by atoms with Gasteiger partial charge in [-0.2, -0.15) is 0 Å². The number of urea groups is 1. The zero-order chi connectivity index (χ0) is 19.4. The monoisotopic (exact) mass is 391 g/mol. The Morgan fingerprint density at radius 1 is 1.00 bits per heavy atom. The SMILES string of the molecule is O=C(Nc1cccc(C(=O)Nc2ccc(F)cc2)c1)N[C@H]1CCS(=O)(=O)C1. The average Bonchev–Trinajstić information content (AvgIpc) is 2.95. The van der Waals surface area contributed by atoms with Crippen LogP contribution in [0.4, 0.5) is 20.6 Å². The second-order valence-corrected chi connectivity index (χ2v) is 8.47. The van der Waals surface area contributed by atoms with Gasteiger partial charge in [0.05, 0.1) is 11.5 Å². The van der Waals surface area contributed by atoms with E-state index in [-0.39, 0.29) is 11.5 Å². The first-order valence-corrected chi connectivity index (χ1v) is 10.1. The van der Waals surface area contributed by atoms with E-state index in [1.54, 1.807) is 18.2 Å². The minimum atomic E-state index is -3.08. The van der Waals surface area contributed by atoms with Crippen LogP contribution < -0.4 is 16.0 Å². The lowest BCUT2D eigenvalue weighted by Crippen LogP contribution is -2.38. The van der Waals surface area contributed by atoms with E-state index < -0.39 is 33.6 Å². The van der Waals surface area contributed by atoms with Gasteiger partial charge in [0.15, 0.2) is 9.84 Å². The van der Waals surface area contributed by atoms with Crippen molar-refractivity contribution in [2.45, 2.75) is 12.5 Å². The summed E-state index contributed by atoms with van der Waals surface area (Å²) >= 11 is 0. The van der Waals surface area contributed by atoms with Crippen LogP contribution in [-0.2, 0) is 9.84 Å². The number of sulfone groups is 1. The molecule has 27 heavy (non-hydrogen) atoms. The number of benzene rings is 2. The van der Waals surface area contributed by atoms with E-state index in [0.717, 1.165) is 0 Å². The first-order chi connectivity index (χ1) is 12.8. The molecular weight excluding hydrogens is 373 g/mol.